The second-order valence-corrected chi connectivity index (χ2v) is 5.35. The molecular weight excluding hydrogens is 259 g/mol. The minimum Gasteiger partial charge on any atom is -0.396 e. The summed E-state index contributed by atoms with van der Waals surface area (Å²) in [6.45, 7) is 4.44. The van der Waals surface area contributed by atoms with Gasteiger partial charge in [-0.15, -0.1) is 5.10 Å². The predicted octanol–water partition coefficient (Wildman–Crippen LogP) is 2.11. The van der Waals surface area contributed by atoms with Gasteiger partial charge in [0.15, 0.2) is 0 Å². The van der Waals surface area contributed by atoms with E-state index in [9.17, 15) is 9.50 Å². The predicted molar refractivity (Wildman–Crippen MR) is 74.6 cm³/mol. The van der Waals surface area contributed by atoms with Gasteiger partial charge >= 0.3 is 0 Å². The molecule has 0 fully saturated rings. The number of rotatable bonds is 5. The number of nitrogens with zero attached hydrogens (tertiary/aromatic N) is 3. The molecule has 0 spiro atoms. The molecule has 1 aromatic carbocycles. The Labute approximate surface area is 116 Å². The summed E-state index contributed by atoms with van der Waals surface area (Å²) in [5.41, 5.74) is 1.12. The fraction of sp³-hybridized carbons (Fsp3) is 0.357. The highest BCUT2D eigenvalue weighted by molar-refractivity contribution is 5.58. The number of hydrogen-bond acceptors (Lipinski definition) is 5. The molecule has 0 atom stereocenters. The molecule has 20 heavy (non-hydrogen) atoms. The van der Waals surface area contributed by atoms with Crippen molar-refractivity contribution >= 4 is 5.95 Å². The molecule has 0 aliphatic rings. The summed E-state index contributed by atoms with van der Waals surface area (Å²) in [7, 11) is 0. The van der Waals surface area contributed by atoms with Gasteiger partial charge in [0.2, 0.25) is 5.95 Å². The third kappa shape index (κ3) is 3.71. The number of halogens is 1. The Morgan fingerprint density at radius 2 is 1.95 bits per heavy atom. The van der Waals surface area contributed by atoms with E-state index in [0.717, 1.165) is 5.56 Å². The summed E-state index contributed by atoms with van der Waals surface area (Å²) >= 11 is 0. The summed E-state index contributed by atoms with van der Waals surface area (Å²) < 4.78 is 12.9. The fourth-order valence-electron chi connectivity index (χ4n) is 1.51. The molecule has 6 heteroatoms. The molecule has 0 radical (unpaired) electrons. The van der Waals surface area contributed by atoms with E-state index < -0.39 is 0 Å². The topological polar surface area (TPSA) is 70.9 Å². The van der Waals surface area contributed by atoms with Crippen LogP contribution in [0, 0.1) is 11.2 Å². The van der Waals surface area contributed by atoms with Crippen molar-refractivity contribution < 1.29 is 9.50 Å². The molecule has 2 rings (SSSR count). The Balaban J connectivity index is 2.14. The molecule has 0 saturated heterocycles. The highest BCUT2D eigenvalue weighted by atomic mass is 19.1. The number of nitrogens with one attached hydrogen (secondary N) is 1. The lowest BCUT2D eigenvalue weighted by Gasteiger charge is -2.21. The molecule has 0 aliphatic carbocycles. The van der Waals surface area contributed by atoms with Crippen LogP contribution in [0.4, 0.5) is 10.3 Å². The average Bonchev–Trinajstić information content (AvgIpc) is 2.46. The van der Waals surface area contributed by atoms with Crippen molar-refractivity contribution in [2.75, 3.05) is 18.5 Å². The second kappa shape index (κ2) is 5.92. The zero-order valence-electron chi connectivity index (χ0n) is 11.5. The number of aliphatic hydroxyl groups excluding tert-OH is 1. The highest BCUT2D eigenvalue weighted by Gasteiger charge is 2.16. The maximum Gasteiger partial charge on any atom is 0.243 e. The van der Waals surface area contributed by atoms with E-state index in [4.69, 9.17) is 0 Å². The third-order valence-electron chi connectivity index (χ3n) is 2.85. The SMILES string of the molecule is CC(C)(CO)CNc1nncc(-c2ccc(F)cc2)n1. The van der Waals surface area contributed by atoms with E-state index >= 15 is 0 Å². The molecular formula is C14H17FN4O. The van der Waals surface area contributed by atoms with E-state index in [0.29, 0.717) is 18.2 Å². The zero-order chi connectivity index (χ0) is 14.6. The number of benzene rings is 1. The summed E-state index contributed by atoms with van der Waals surface area (Å²) in [6, 6.07) is 6.03. The van der Waals surface area contributed by atoms with Gasteiger partial charge in [-0.2, -0.15) is 5.10 Å². The van der Waals surface area contributed by atoms with Gasteiger partial charge in [-0.05, 0) is 24.3 Å². The number of anilines is 1. The van der Waals surface area contributed by atoms with Gasteiger partial charge in [0.1, 0.15) is 5.82 Å². The summed E-state index contributed by atoms with van der Waals surface area (Å²) in [6.07, 6.45) is 1.52. The Morgan fingerprint density at radius 1 is 1.25 bits per heavy atom. The third-order valence-corrected chi connectivity index (χ3v) is 2.85. The maximum absolute atomic E-state index is 12.9. The van der Waals surface area contributed by atoms with Gasteiger partial charge in [0.25, 0.3) is 0 Å². The Morgan fingerprint density at radius 3 is 2.60 bits per heavy atom. The van der Waals surface area contributed by atoms with Crippen LogP contribution in [0.15, 0.2) is 30.5 Å². The highest BCUT2D eigenvalue weighted by Crippen LogP contribution is 2.18. The number of aromatic nitrogens is 3. The van der Waals surface area contributed by atoms with Crippen LogP contribution in [0.2, 0.25) is 0 Å². The van der Waals surface area contributed by atoms with E-state index in [-0.39, 0.29) is 17.8 Å². The van der Waals surface area contributed by atoms with Gasteiger partial charge in [-0.1, -0.05) is 13.8 Å². The Bertz CT molecular complexity index is 572. The largest absolute Gasteiger partial charge is 0.396 e. The van der Waals surface area contributed by atoms with Crippen LogP contribution in [0.5, 0.6) is 0 Å². The molecule has 2 N–H and O–H groups in total. The second-order valence-electron chi connectivity index (χ2n) is 5.35. The minimum absolute atomic E-state index is 0.0606. The van der Waals surface area contributed by atoms with Crippen molar-refractivity contribution in [3.05, 3.63) is 36.3 Å². The van der Waals surface area contributed by atoms with E-state index in [2.05, 4.69) is 20.5 Å². The molecule has 2 aromatic rings. The molecule has 0 unspecified atom stereocenters. The molecule has 0 saturated carbocycles. The van der Waals surface area contributed by atoms with Gasteiger partial charge < -0.3 is 10.4 Å². The van der Waals surface area contributed by atoms with Gasteiger partial charge in [-0.3, -0.25) is 0 Å². The standard InChI is InChI=1S/C14H17FN4O/c1-14(2,9-20)8-16-13-18-12(7-17-19-13)10-3-5-11(15)6-4-10/h3-7,20H,8-9H2,1-2H3,(H,16,18,19). The maximum atomic E-state index is 12.9. The van der Waals surface area contributed by atoms with Crippen molar-refractivity contribution in [2.24, 2.45) is 5.41 Å². The molecule has 5 nitrogen and oxygen atoms in total. The lowest BCUT2D eigenvalue weighted by molar-refractivity contribution is 0.170. The molecule has 0 amide bonds. The number of hydrogen-bond donors (Lipinski definition) is 2. The van der Waals surface area contributed by atoms with Gasteiger partial charge in [0, 0.05) is 24.1 Å². The lowest BCUT2D eigenvalue weighted by atomic mass is 9.95. The first-order chi connectivity index (χ1) is 9.50. The minimum atomic E-state index is -0.293. The Kier molecular flexibility index (Phi) is 4.24. The van der Waals surface area contributed by atoms with Crippen molar-refractivity contribution in [3.8, 4) is 11.3 Å². The van der Waals surface area contributed by atoms with Crippen molar-refractivity contribution in [2.45, 2.75) is 13.8 Å². The van der Waals surface area contributed by atoms with Crippen LogP contribution in [0.3, 0.4) is 0 Å². The summed E-state index contributed by atoms with van der Waals surface area (Å²) in [5.74, 6) is 0.0900. The normalized spacial score (nSPS) is 11.4. The molecule has 1 aromatic heterocycles. The van der Waals surface area contributed by atoms with E-state index in [1.54, 1.807) is 12.1 Å². The van der Waals surface area contributed by atoms with Crippen molar-refractivity contribution in [1.82, 2.24) is 15.2 Å². The zero-order valence-corrected chi connectivity index (χ0v) is 11.5. The fourth-order valence-corrected chi connectivity index (χ4v) is 1.51. The molecule has 0 aliphatic heterocycles. The number of aliphatic hydroxyl groups is 1. The first kappa shape index (κ1) is 14.3. The van der Waals surface area contributed by atoms with Gasteiger partial charge in [0.05, 0.1) is 11.9 Å². The monoisotopic (exact) mass is 276 g/mol. The van der Waals surface area contributed by atoms with Gasteiger partial charge in [-0.25, -0.2) is 9.37 Å². The van der Waals surface area contributed by atoms with Crippen LogP contribution >= 0.6 is 0 Å². The quantitative estimate of drug-likeness (QED) is 0.875. The van der Waals surface area contributed by atoms with Crippen LogP contribution < -0.4 is 5.32 Å². The lowest BCUT2D eigenvalue weighted by Crippen LogP contribution is -2.27. The smallest absolute Gasteiger partial charge is 0.243 e. The Hall–Kier alpha value is -2.08. The van der Waals surface area contributed by atoms with Crippen LogP contribution in [0.25, 0.3) is 11.3 Å². The first-order valence-electron chi connectivity index (χ1n) is 6.30. The van der Waals surface area contributed by atoms with Crippen molar-refractivity contribution in [3.63, 3.8) is 0 Å². The average molecular weight is 276 g/mol. The summed E-state index contributed by atoms with van der Waals surface area (Å²) in [4.78, 5) is 4.32. The van der Waals surface area contributed by atoms with Crippen LogP contribution in [0.1, 0.15) is 13.8 Å². The summed E-state index contributed by atoms with van der Waals surface area (Å²) in [5, 5.41) is 20.0. The first-order valence-corrected chi connectivity index (χ1v) is 6.30. The molecule has 1 heterocycles. The molecule has 0 bridgehead atoms. The van der Waals surface area contributed by atoms with E-state index in [1.807, 2.05) is 13.8 Å². The van der Waals surface area contributed by atoms with Crippen LogP contribution in [-0.4, -0.2) is 33.4 Å². The van der Waals surface area contributed by atoms with Crippen LogP contribution in [-0.2, 0) is 0 Å². The van der Waals surface area contributed by atoms with E-state index in [1.165, 1.54) is 18.3 Å². The van der Waals surface area contributed by atoms with Crippen molar-refractivity contribution in [1.29, 1.82) is 0 Å². The molecule has 106 valence electrons.